The molecule has 2 unspecified atom stereocenters. The molecule has 0 aromatic heterocycles. The van der Waals surface area contributed by atoms with E-state index in [0.29, 0.717) is 0 Å². The zero-order valence-corrected chi connectivity index (χ0v) is 16.9. The first kappa shape index (κ1) is 23.6. The van der Waals surface area contributed by atoms with Crippen LogP contribution in [0.2, 0.25) is 0 Å². The molecule has 0 saturated heterocycles. The molecule has 0 amide bonds. The van der Waals surface area contributed by atoms with Crippen LogP contribution in [0.4, 0.5) is 0 Å². The molecule has 25 heavy (non-hydrogen) atoms. The maximum Gasteiger partial charge on any atom is 0.336 e. The van der Waals surface area contributed by atoms with Crippen LogP contribution in [-0.2, 0) is 28.5 Å². The van der Waals surface area contributed by atoms with Crippen molar-refractivity contribution >= 4 is 11.9 Å². The van der Waals surface area contributed by atoms with Gasteiger partial charge in [-0.05, 0) is 54.4 Å². The Morgan fingerprint density at radius 1 is 0.880 bits per heavy atom. The van der Waals surface area contributed by atoms with Gasteiger partial charge in [0, 0.05) is 5.57 Å². The molecule has 0 spiro atoms. The average Bonchev–Trinajstić information content (AvgIpc) is 2.45. The Bertz CT molecular complexity index is 467. The first-order chi connectivity index (χ1) is 11.3. The third-order valence-corrected chi connectivity index (χ3v) is 3.89. The molecule has 2 atom stereocenters. The van der Waals surface area contributed by atoms with Crippen molar-refractivity contribution in [1.82, 2.24) is 0 Å². The summed E-state index contributed by atoms with van der Waals surface area (Å²) in [6.07, 6.45) is -0.154. The molecule has 0 bridgehead atoms. The quantitative estimate of drug-likeness (QED) is 0.314. The van der Waals surface area contributed by atoms with Gasteiger partial charge < -0.3 is 18.9 Å². The highest BCUT2D eigenvalue weighted by atomic mass is 16.7. The van der Waals surface area contributed by atoms with Crippen LogP contribution in [0.3, 0.4) is 0 Å². The molecule has 0 fully saturated rings. The Labute approximate surface area is 151 Å². The van der Waals surface area contributed by atoms with Gasteiger partial charge in [-0.25, -0.2) is 4.79 Å². The standard InChI is InChI=1S/C19H34O6/c1-10-18(6,7)24-14(4)22-16(20)12-13(3)17(21)23-15(5)25-19(8,9)11-2/h14-15H,3,10-12H2,1-2,4-9H3. The molecule has 0 N–H and O–H groups in total. The summed E-state index contributed by atoms with van der Waals surface area (Å²) in [5.41, 5.74) is -0.787. The van der Waals surface area contributed by atoms with E-state index in [4.69, 9.17) is 18.9 Å². The summed E-state index contributed by atoms with van der Waals surface area (Å²) in [5, 5.41) is 0. The molecule has 0 radical (unpaired) electrons. The van der Waals surface area contributed by atoms with Gasteiger partial charge in [0.1, 0.15) is 0 Å². The van der Waals surface area contributed by atoms with Crippen LogP contribution < -0.4 is 0 Å². The van der Waals surface area contributed by atoms with Crippen molar-refractivity contribution in [2.75, 3.05) is 0 Å². The lowest BCUT2D eigenvalue weighted by Gasteiger charge is -2.28. The highest BCUT2D eigenvalue weighted by Crippen LogP contribution is 2.19. The average molecular weight is 358 g/mol. The minimum Gasteiger partial charge on any atom is -0.436 e. The van der Waals surface area contributed by atoms with Gasteiger partial charge >= 0.3 is 11.9 Å². The van der Waals surface area contributed by atoms with E-state index in [1.54, 1.807) is 13.8 Å². The van der Waals surface area contributed by atoms with E-state index in [1.165, 1.54) is 0 Å². The Balaban J connectivity index is 4.39. The molecule has 0 rings (SSSR count). The van der Waals surface area contributed by atoms with Gasteiger partial charge in [0.25, 0.3) is 0 Å². The smallest absolute Gasteiger partial charge is 0.336 e. The first-order valence-corrected chi connectivity index (χ1v) is 8.75. The third-order valence-electron chi connectivity index (χ3n) is 3.89. The fourth-order valence-corrected chi connectivity index (χ4v) is 1.82. The molecular formula is C19H34O6. The lowest BCUT2D eigenvalue weighted by atomic mass is 10.1. The Morgan fingerprint density at radius 3 is 1.68 bits per heavy atom. The second-order valence-electron chi connectivity index (χ2n) is 7.27. The van der Waals surface area contributed by atoms with E-state index < -0.39 is 35.7 Å². The molecule has 146 valence electrons. The molecule has 0 saturated carbocycles. The summed E-state index contributed by atoms with van der Waals surface area (Å²) in [6, 6.07) is 0. The third kappa shape index (κ3) is 10.2. The molecule has 0 aliphatic rings. The SMILES string of the molecule is C=C(CC(=O)OC(C)OC(C)(C)CC)C(=O)OC(C)OC(C)(C)CC. The molecule has 6 heteroatoms. The number of hydrogen-bond donors (Lipinski definition) is 0. The molecule has 0 aromatic rings. The zero-order valence-electron chi connectivity index (χ0n) is 16.9. The van der Waals surface area contributed by atoms with Crippen LogP contribution in [-0.4, -0.2) is 35.7 Å². The highest BCUT2D eigenvalue weighted by Gasteiger charge is 2.25. The minimum absolute atomic E-state index is 0.0108. The van der Waals surface area contributed by atoms with Gasteiger partial charge in [-0.2, -0.15) is 0 Å². The number of hydrogen-bond acceptors (Lipinski definition) is 6. The maximum atomic E-state index is 12.0. The highest BCUT2D eigenvalue weighted by molar-refractivity contribution is 5.93. The van der Waals surface area contributed by atoms with E-state index in [0.717, 1.165) is 12.8 Å². The fraction of sp³-hybridized carbons (Fsp3) is 0.789. The van der Waals surface area contributed by atoms with Crippen molar-refractivity contribution in [3.05, 3.63) is 12.2 Å². The lowest BCUT2D eigenvalue weighted by molar-refractivity contribution is -0.203. The summed E-state index contributed by atoms with van der Waals surface area (Å²) < 4.78 is 21.6. The summed E-state index contributed by atoms with van der Waals surface area (Å²) in [4.78, 5) is 23.9. The number of carbonyl (C=O) groups is 2. The Kier molecular flexibility index (Phi) is 9.37. The molecular weight excluding hydrogens is 324 g/mol. The monoisotopic (exact) mass is 358 g/mol. The molecule has 0 heterocycles. The van der Waals surface area contributed by atoms with Crippen LogP contribution in [0.1, 0.15) is 74.7 Å². The second kappa shape index (κ2) is 9.92. The van der Waals surface area contributed by atoms with Crippen LogP contribution in [0.15, 0.2) is 12.2 Å². The van der Waals surface area contributed by atoms with Gasteiger partial charge in [0.2, 0.25) is 12.6 Å². The van der Waals surface area contributed by atoms with Crippen LogP contribution in [0.25, 0.3) is 0 Å². The zero-order chi connectivity index (χ0) is 19.8. The van der Waals surface area contributed by atoms with E-state index in [1.807, 2.05) is 41.5 Å². The summed E-state index contributed by atoms with van der Waals surface area (Å²) >= 11 is 0. The van der Waals surface area contributed by atoms with Gasteiger partial charge in [0.15, 0.2) is 0 Å². The van der Waals surface area contributed by atoms with Crippen molar-refractivity contribution in [2.45, 2.75) is 98.4 Å². The topological polar surface area (TPSA) is 71.1 Å². The van der Waals surface area contributed by atoms with E-state index >= 15 is 0 Å². The van der Waals surface area contributed by atoms with E-state index in [2.05, 4.69) is 6.58 Å². The molecule has 0 aromatic carbocycles. The predicted octanol–water partition coefficient (Wildman–Crippen LogP) is 4.12. The Morgan fingerprint density at radius 2 is 1.28 bits per heavy atom. The molecule has 0 aliphatic heterocycles. The van der Waals surface area contributed by atoms with Crippen molar-refractivity contribution in [3.8, 4) is 0 Å². The number of esters is 2. The van der Waals surface area contributed by atoms with Crippen molar-refractivity contribution < 1.29 is 28.5 Å². The van der Waals surface area contributed by atoms with Gasteiger partial charge in [0.05, 0.1) is 17.6 Å². The predicted molar refractivity (Wildman–Crippen MR) is 95.8 cm³/mol. The van der Waals surface area contributed by atoms with Crippen molar-refractivity contribution in [3.63, 3.8) is 0 Å². The van der Waals surface area contributed by atoms with Crippen LogP contribution >= 0.6 is 0 Å². The normalized spacial score (nSPS) is 14.6. The largest absolute Gasteiger partial charge is 0.436 e. The molecule has 0 aliphatic carbocycles. The number of carbonyl (C=O) groups excluding carboxylic acids is 2. The first-order valence-electron chi connectivity index (χ1n) is 8.75. The fourth-order valence-electron chi connectivity index (χ4n) is 1.82. The summed E-state index contributed by atoms with van der Waals surface area (Å²) in [7, 11) is 0. The van der Waals surface area contributed by atoms with Gasteiger partial charge in [-0.1, -0.05) is 20.4 Å². The Hall–Kier alpha value is -1.40. The summed E-state index contributed by atoms with van der Waals surface area (Å²) in [5.74, 6) is -1.28. The van der Waals surface area contributed by atoms with Crippen LogP contribution in [0, 0.1) is 0 Å². The van der Waals surface area contributed by atoms with Crippen molar-refractivity contribution in [2.24, 2.45) is 0 Å². The molecule has 6 nitrogen and oxygen atoms in total. The van der Waals surface area contributed by atoms with E-state index in [-0.39, 0.29) is 12.0 Å². The minimum atomic E-state index is -0.733. The lowest BCUT2D eigenvalue weighted by Crippen LogP contribution is -2.32. The second-order valence-corrected chi connectivity index (χ2v) is 7.27. The van der Waals surface area contributed by atoms with E-state index in [9.17, 15) is 9.59 Å². The number of rotatable bonds is 11. The van der Waals surface area contributed by atoms with Gasteiger partial charge in [-0.3, -0.25) is 4.79 Å². The summed E-state index contributed by atoms with van der Waals surface area (Å²) in [6.45, 7) is 18.4. The van der Waals surface area contributed by atoms with Gasteiger partial charge in [-0.15, -0.1) is 0 Å². The van der Waals surface area contributed by atoms with Crippen LogP contribution in [0.5, 0.6) is 0 Å². The maximum absolute atomic E-state index is 12.0. The van der Waals surface area contributed by atoms with Crippen molar-refractivity contribution in [1.29, 1.82) is 0 Å². The number of ether oxygens (including phenoxy) is 4.